The van der Waals surface area contributed by atoms with Crippen LogP contribution in [0.4, 0.5) is 5.69 Å². The zero-order valence-corrected chi connectivity index (χ0v) is 17.3. The van der Waals surface area contributed by atoms with Crippen molar-refractivity contribution in [3.05, 3.63) is 89.9 Å². The lowest BCUT2D eigenvalue weighted by Crippen LogP contribution is -2.32. The van der Waals surface area contributed by atoms with Crippen LogP contribution in [0, 0.1) is 0 Å². The topological polar surface area (TPSA) is 74.6 Å². The Morgan fingerprint density at radius 3 is 2.23 bits per heavy atom. The van der Waals surface area contributed by atoms with E-state index < -0.39 is 0 Å². The number of anilines is 1. The second kappa shape index (κ2) is 10.4. The lowest BCUT2D eigenvalue weighted by Gasteiger charge is -2.19. The van der Waals surface area contributed by atoms with Gasteiger partial charge in [0.25, 0.3) is 5.91 Å². The number of nitrogens with zero attached hydrogens (tertiary/aromatic N) is 1. The van der Waals surface area contributed by atoms with Gasteiger partial charge in [0.15, 0.2) is 0 Å². The maximum Gasteiger partial charge on any atom is 0.253 e. The van der Waals surface area contributed by atoms with Gasteiger partial charge in [-0.05, 0) is 55.8 Å². The highest BCUT2D eigenvalue weighted by molar-refractivity contribution is 5.96. The molecule has 2 amide bonds. The molecule has 0 aliphatic carbocycles. The van der Waals surface area contributed by atoms with Crippen molar-refractivity contribution >= 4 is 17.5 Å². The number of hydrogen-bond acceptors (Lipinski definition) is 4. The minimum Gasteiger partial charge on any atom is -0.467 e. The van der Waals surface area contributed by atoms with E-state index >= 15 is 0 Å². The number of benzene rings is 2. The van der Waals surface area contributed by atoms with Crippen LogP contribution < -0.4 is 10.6 Å². The zero-order valence-electron chi connectivity index (χ0n) is 17.3. The average Bonchev–Trinajstić information content (AvgIpc) is 3.30. The van der Waals surface area contributed by atoms with Gasteiger partial charge in [0.1, 0.15) is 5.76 Å². The van der Waals surface area contributed by atoms with Gasteiger partial charge in [-0.1, -0.05) is 30.3 Å². The fourth-order valence-corrected chi connectivity index (χ4v) is 3.27. The van der Waals surface area contributed by atoms with Gasteiger partial charge in [0.2, 0.25) is 5.91 Å². The van der Waals surface area contributed by atoms with E-state index in [4.69, 9.17) is 4.42 Å². The van der Waals surface area contributed by atoms with E-state index in [-0.39, 0.29) is 24.4 Å². The van der Waals surface area contributed by atoms with Gasteiger partial charge in [-0.2, -0.15) is 0 Å². The smallest absolute Gasteiger partial charge is 0.253 e. The molecule has 0 aliphatic heterocycles. The zero-order chi connectivity index (χ0) is 21.3. The quantitative estimate of drug-likeness (QED) is 0.563. The van der Waals surface area contributed by atoms with Gasteiger partial charge in [-0.3, -0.25) is 14.9 Å². The molecule has 3 aromatic rings. The Labute approximate surface area is 176 Å². The summed E-state index contributed by atoms with van der Waals surface area (Å²) >= 11 is 0. The van der Waals surface area contributed by atoms with Crippen molar-refractivity contribution in [1.82, 2.24) is 10.2 Å². The lowest BCUT2D eigenvalue weighted by atomic mass is 10.0. The number of amides is 2. The Bertz CT molecular complexity index is 934. The number of carbonyl (C=O) groups is 2. The second-order valence-electron chi connectivity index (χ2n) is 6.84. The van der Waals surface area contributed by atoms with E-state index in [2.05, 4.69) is 10.6 Å². The van der Waals surface area contributed by atoms with Crippen molar-refractivity contribution in [1.29, 1.82) is 0 Å². The molecule has 0 bridgehead atoms. The Hall–Kier alpha value is -3.38. The predicted octanol–water partition coefficient (Wildman–Crippen LogP) is 4.08. The molecule has 2 aromatic carbocycles. The molecular formula is C24H27N3O3. The molecule has 156 valence electrons. The molecule has 0 spiro atoms. The molecule has 0 saturated carbocycles. The normalized spacial score (nSPS) is 11.7. The number of furan rings is 1. The molecule has 3 rings (SSSR count). The van der Waals surface area contributed by atoms with Gasteiger partial charge >= 0.3 is 0 Å². The fourth-order valence-electron chi connectivity index (χ4n) is 3.27. The van der Waals surface area contributed by atoms with Crippen molar-refractivity contribution < 1.29 is 14.0 Å². The van der Waals surface area contributed by atoms with Crippen LogP contribution in [0.5, 0.6) is 0 Å². The second-order valence-corrected chi connectivity index (χ2v) is 6.84. The summed E-state index contributed by atoms with van der Waals surface area (Å²) in [5, 5.41) is 6.11. The van der Waals surface area contributed by atoms with E-state index in [1.807, 2.05) is 56.3 Å². The maximum absolute atomic E-state index is 12.5. The predicted molar refractivity (Wildman–Crippen MR) is 117 cm³/mol. The molecule has 0 saturated heterocycles. The van der Waals surface area contributed by atoms with Gasteiger partial charge < -0.3 is 14.6 Å². The van der Waals surface area contributed by atoms with Crippen LogP contribution in [-0.2, 0) is 4.79 Å². The average molecular weight is 405 g/mol. The minimum atomic E-state index is -0.221. The summed E-state index contributed by atoms with van der Waals surface area (Å²) in [4.78, 5) is 26.6. The van der Waals surface area contributed by atoms with Crippen molar-refractivity contribution in [2.75, 3.05) is 25.0 Å². The summed E-state index contributed by atoms with van der Waals surface area (Å²) < 4.78 is 5.54. The van der Waals surface area contributed by atoms with Gasteiger partial charge in [-0.15, -0.1) is 0 Å². The monoisotopic (exact) mass is 405 g/mol. The highest BCUT2D eigenvalue weighted by atomic mass is 16.3. The van der Waals surface area contributed by atoms with Crippen LogP contribution >= 0.6 is 0 Å². The molecule has 0 unspecified atom stereocenters. The molecule has 6 heteroatoms. The molecule has 1 aromatic heterocycles. The van der Waals surface area contributed by atoms with E-state index in [1.54, 1.807) is 35.4 Å². The standard InChI is InChI=1S/C24H27N3O3/c1-3-27(4-2)24(29)19-12-14-20(15-13-19)26-22(28)17-25-23(21-11-8-16-30-21)18-9-6-5-7-10-18/h5-16,23,25H,3-4,17H2,1-2H3,(H,26,28)/t23-/m0/s1. The number of hydrogen-bond donors (Lipinski definition) is 2. The number of nitrogens with one attached hydrogen (secondary N) is 2. The SMILES string of the molecule is CCN(CC)C(=O)c1ccc(NC(=O)CN[C@@H](c2ccccc2)c2ccco2)cc1. The van der Waals surface area contributed by atoms with Crippen molar-refractivity contribution in [2.24, 2.45) is 0 Å². The molecule has 0 fully saturated rings. The first-order valence-electron chi connectivity index (χ1n) is 10.1. The highest BCUT2D eigenvalue weighted by Crippen LogP contribution is 2.22. The highest BCUT2D eigenvalue weighted by Gasteiger charge is 2.18. The Morgan fingerprint density at radius 1 is 0.933 bits per heavy atom. The van der Waals surface area contributed by atoms with Crippen LogP contribution in [0.3, 0.4) is 0 Å². The van der Waals surface area contributed by atoms with Gasteiger partial charge in [0, 0.05) is 24.3 Å². The molecule has 1 atom stereocenters. The van der Waals surface area contributed by atoms with Crippen LogP contribution in [0.1, 0.15) is 41.6 Å². The summed E-state index contributed by atoms with van der Waals surface area (Å²) in [6.07, 6.45) is 1.62. The van der Waals surface area contributed by atoms with E-state index in [1.165, 1.54) is 0 Å². The molecular weight excluding hydrogens is 378 g/mol. The Kier molecular flexibility index (Phi) is 7.40. The molecule has 2 N–H and O–H groups in total. The largest absolute Gasteiger partial charge is 0.467 e. The van der Waals surface area contributed by atoms with E-state index in [0.29, 0.717) is 24.3 Å². The first kappa shape index (κ1) is 21.3. The van der Waals surface area contributed by atoms with Crippen molar-refractivity contribution in [3.63, 3.8) is 0 Å². The number of carbonyl (C=O) groups excluding carboxylic acids is 2. The molecule has 6 nitrogen and oxygen atoms in total. The van der Waals surface area contributed by atoms with Crippen LogP contribution in [0.25, 0.3) is 0 Å². The third kappa shape index (κ3) is 5.36. The maximum atomic E-state index is 12.5. The third-order valence-electron chi connectivity index (χ3n) is 4.89. The minimum absolute atomic E-state index is 0.0105. The van der Waals surface area contributed by atoms with Crippen LogP contribution in [0.15, 0.2) is 77.4 Å². The molecule has 30 heavy (non-hydrogen) atoms. The van der Waals surface area contributed by atoms with E-state index in [0.717, 1.165) is 11.3 Å². The van der Waals surface area contributed by atoms with E-state index in [9.17, 15) is 9.59 Å². The summed E-state index contributed by atoms with van der Waals surface area (Å²) in [5.41, 5.74) is 2.27. The third-order valence-corrected chi connectivity index (χ3v) is 4.89. The van der Waals surface area contributed by atoms with Gasteiger partial charge in [-0.25, -0.2) is 0 Å². The van der Waals surface area contributed by atoms with Crippen LogP contribution in [0.2, 0.25) is 0 Å². The Balaban J connectivity index is 1.60. The molecule has 1 heterocycles. The summed E-state index contributed by atoms with van der Waals surface area (Å²) in [6.45, 7) is 5.35. The van der Waals surface area contributed by atoms with Crippen molar-refractivity contribution in [3.8, 4) is 0 Å². The van der Waals surface area contributed by atoms with Gasteiger partial charge in [0.05, 0.1) is 18.8 Å². The fraction of sp³-hybridized carbons (Fsp3) is 0.250. The first-order valence-corrected chi connectivity index (χ1v) is 10.1. The van der Waals surface area contributed by atoms with Crippen LogP contribution in [-0.4, -0.2) is 36.3 Å². The molecule has 0 aliphatic rings. The number of rotatable bonds is 9. The lowest BCUT2D eigenvalue weighted by molar-refractivity contribution is -0.115. The summed E-state index contributed by atoms with van der Waals surface area (Å²) in [5.74, 6) is 0.558. The summed E-state index contributed by atoms with van der Waals surface area (Å²) in [6, 6.07) is 20.3. The first-order chi connectivity index (χ1) is 14.6. The Morgan fingerprint density at radius 2 is 1.63 bits per heavy atom. The molecule has 0 radical (unpaired) electrons. The van der Waals surface area contributed by atoms with Crippen molar-refractivity contribution in [2.45, 2.75) is 19.9 Å². The summed E-state index contributed by atoms with van der Waals surface area (Å²) in [7, 11) is 0.